The summed E-state index contributed by atoms with van der Waals surface area (Å²) in [5, 5.41) is 8.71. The molecule has 0 aliphatic heterocycles. The van der Waals surface area contributed by atoms with E-state index in [-0.39, 0.29) is 6.61 Å². The molecular weight excluding hydrogens is 264 g/mol. The van der Waals surface area contributed by atoms with Gasteiger partial charge in [0.05, 0.1) is 13.2 Å². The molecule has 0 aliphatic rings. The second kappa shape index (κ2) is 7.51. The van der Waals surface area contributed by atoms with Crippen LogP contribution in [0.15, 0.2) is 30.6 Å². The lowest BCUT2D eigenvalue weighted by molar-refractivity contribution is 0.295. The molecule has 1 N–H and O–H groups in total. The van der Waals surface area contributed by atoms with E-state index < -0.39 is 0 Å². The van der Waals surface area contributed by atoms with Crippen LogP contribution in [-0.2, 0) is 6.54 Å². The molecule has 2 rings (SSSR count). The Morgan fingerprint density at radius 1 is 1.33 bits per heavy atom. The molecule has 1 aromatic heterocycles. The zero-order chi connectivity index (χ0) is 15.1. The average molecular weight is 284 g/mol. The SMILES string of the molecule is Cc1cc(C#CCCO)ccc1OCCn1ccnc1C. The summed E-state index contributed by atoms with van der Waals surface area (Å²) < 4.78 is 7.87. The Bertz CT molecular complexity index is 650. The van der Waals surface area contributed by atoms with Gasteiger partial charge in [0.2, 0.25) is 0 Å². The molecule has 110 valence electrons. The molecule has 0 amide bonds. The Morgan fingerprint density at radius 2 is 2.19 bits per heavy atom. The Labute approximate surface area is 125 Å². The summed E-state index contributed by atoms with van der Waals surface area (Å²) in [6.07, 6.45) is 4.24. The van der Waals surface area contributed by atoms with Gasteiger partial charge in [0.1, 0.15) is 18.2 Å². The van der Waals surface area contributed by atoms with Crippen molar-refractivity contribution >= 4 is 0 Å². The topological polar surface area (TPSA) is 47.3 Å². The van der Waals surface area contributed by atoms with E-state index in [2.05, 4.69) is 21.4 Å². The van der Waals surface area contributed by atoms with Crippen molar-refractivity contribution in [3.63, 3.8) is 0 Å². The smallest absolute Gasteiger partial charge is 0.122 e. The van der Waals surface area contributed by atoms with E-state index in [0.29, 0.717) is 13.0 Å². The second-order valence-electron chi connectivity index (χ2n) is 4.77. The molecule has 1 aromatic carbocycles. The zero-order valence-electron chi connectivity index (χ0n) is 12.5. The molecule has 0 aliphatic carbocycles. The molecule has 0 fully saturated rings. The molecule has 4 nitrogen and oxygen atoms in total. The van der Waals surface area contributed by atoms with Crippen molar-refractivity contribution in [2.75, 3.05) is 13.2 Å². The number of hydrogen-bond acceptors (Lipinski definition) is 3. The van der Waals surface area contributed by atoms with Crippen LogP contribution in [0.25, 0.3) is 0 Å². The van der Waals surface area contributed by atoms with Crippen molar-refractivity contribution in [3.05, 3.63) is 47.5 Å². The van der Waals surface area contributed by atoms with Crippen LogP contribution in [0.5, 0.6) is 5.75 Å². The van der Waals surface area contributed by atoms with Crippen LogP contribution >= 0.6 is 0 Å². The normalized spacial score (nSPS) is 10.0. The number of aliphatic hydroxyl groups excluding tert-OH is 1. The highest BCUT2D eigenvalue weighted by molar-refractivity contribution is 5.43. The predicted molar refractivity (Wildman–Crippen MR) is 82.2 cm³/mol. The molecule has 0 unspecified atom stereocenters. The first-order valence-corrected chi connectivity index (χ1v) is 7.01. The number of benzene rings is 1. The quantitative estimate of drug-likeness (QED) is 0.857. The van der Waals surface area contributed by atoms with Crippen LogP contribution in [0.3, 0.4) is 0 Å². The van der Waals surface area contributed by atoms with E-state index in [1.807, 2.05) is 38.2 Å². The van der Waals surface area contributed by atoms with E-state index in [9.17, 15) is 0 Å². The summed E-state index contributed by atoms with van der Waals surface area (Å²) in [7, 11) is 0. The molecule has 0 spiro atoms. The average Bonchev–Trinajstić information content (AvgIpc) is 2.87. The highest BCUT2D eigenvalue weighted by Crippen LogP contribution is 2.18. The molecule has 0 saturated heterocycles. The van der Waals surface area contributed by atoms with E-state index in [1.165, 1.54) is 0 Å². The Morgan fingerprint density at radius 3 is 2.86 bits per heavy atom. The summed E-state index contributed by atoms with van der Waals surface area (Å²) in [6, 6.07) is 5.89. The van der Waals surface area contributed by atoms with Crippen molar-refractivity contribution in [2.24, 2.45) is 0 Å². The van der Waals surface area contributed by atoms with Gasteiger partial charge in [-0.3, -0.25) is 0 Å². The van der Waals surface area contributed by atoms with Crippen LogP contribution in [0, 0.1) is 25.7 Å². The van der Waals surface area contributed by atoms with Crippen molar-refractivity contribution < 1.29 is 9.84 Å². The monoisotopic (exact) mass is 284 g/mol. The minimum atomic E-state index is 0.0981. The molecule has 0 atom stereocenters. The largest absolute Gasteiger partial charge is 0.491 e. The number of ether oxygens (including phenoxy) is 1. The van der Waals surface area contributed by atoms with Gasteiger partial charge in [0.15, 0.2) is 0 Å². The number of aliphatic hydroxyl groups is 1. The summed E-state index contributed by atoms with van der Waals surface area (Å²) in [5.74, 6) is 7.80. The fourth-order valence-electron chi connectivity index (χ4n) is 2.00. The van der Waals surface area contributed by atoms with Crippen LogP contribution in [0.4, 0.5) is 0 Å². The Hall–Kier alpha value is -2.25. The first kappa shape index (κ1) is 15.1. The third kappa shape index (κ3) is 4.37. The zero-order valence-corrected chi connectivity index (χ0v) is 12.5. The molecule has 0 radical (unpaired) electrons. The maximum absolute atomic E-state index is 8.71. The molecule has 1 heterocycles. The Kier molecular flexibility index (Phi) is 5.42. The Balaban J connectivity index is 1.92. The number of aromatic nitrogens is 2. The number of hydrogen-bond donors (Lipinski definition) is 1. The lowest BCUT2D eigenvalue weighted by atomic mass is 10.1. The van der Waals surface area contributed by atoms with Gasteiger partial charge in [0.25, 0.3) is 0 Å². The highest BCUT2D eigenvalue weighted by Gasteiger charge is 2.01. The maximum Gasteiger partial charge on any atom is 0.122 e. The third-order valence-corrected chi connectivity index (χ3v) is 3.16. The van der Waals surface area contributed by atoms with Gasteiger partial charge in [-0.1, -0.05) is 11.8 Å². The predicted octanol–water partition coefficient (Wildman–Crippen LogP) is 2.31. The minimum absolute atomic E-state index is 0.0981. The van der Waals surface area contributed by atoms with Crippen molar-refractivity contribution in [3.8, 4) is 17.6 Å². The summed E-state index contributed by atoms with van der Waals surface area (Å²) in [4.78, 5) is 4.18. The molecule has 4 heteroatoms. The first-order chi connectivity index (χ1) is 10.2. The molecule has 2 aromatic rings. The van der Waals surface area contributed by atoms with E-state index in [0.717, 1.165) is 29.2 Å². The number of aryl methyl sites for hydroxylation is 2. The van der Waals surface area contributed by atoms with Gasteiger partial charge < -0.3 is 14.4 Å². The minimum Gasteiger partial charge on any atom is -0.491 e. The maximum atomic E-state index is 8.71. The molecule has 0 saturated carbocycles. The van der Waals surface area contributed by atoms with Gasteiger partial charge in [-0.15, -0.1) is 0 Å². The number of imidazole rings is 1. The van der Waals surface area contributed by atoms with Crippen LogP contribution in [0.2, 0.25) is 0 Å². The second-order valence-corrected chi connectivity index (χ2v) is 4.77. The first-order valence-electron chi connectivity index (χ1n) is 7.01. The van der Waals surface area contributed by atoms with Crippen molar-refractivity contribution in [2.45, 2.75) is 26.8 Å². The van der Waals surface area contributed by atoms with Gasteiger partial charge in [-0.05, 0) is 37.6 Å². The van der Waals surface area contributed by atoms with Crippen molar-refractivity contribution in [1.29, 1.82) is 0 Å². The standard InChI is InChI=1S/C17H20N2O2/c1-14-13-16(5-3-4-11-20)6-7-17(14)21-12-10-19-9-8-18-15(19)2/h6-9,13,20H,4,10-12H2,1-2H3. The van der Waals surface area contributed by atoms with Crippen LogP contribution in [0.1, 0.15) is 23.4 Å². The van der Waals surface area contributed by atoms with Gasteiger partial charge in [-0.25, -0.2) is 4.98 Å². The molecule has 0 bridgehead atoms. The molecular formula is C17H20N2O2. The van der Waals surface area contributed by atoms with Gasteiger partial charge >= 0.3 is 0 Å². The van der Waals surface area contributed by atoms with Gasteiger partial charge in [0, 0.05) is 24.4 Å². The summed E-state index contributed by atoms with van der Waals surface area (Å²) >= 11 is 0. The summed E-state index contributed by atoms with van der Waals surface area (Å²) in [5.41, 5.74) is 2.01. The third-order valence-electron chi connectivity index (χ3n) is 3.16. The highest BCUT2D eigenvalue weighted by atomic mass is 16.5. The van der Waals surface area contributed by atoms with Gasteiger partial charge in [-0.2, -0.15) is 0 Å². The fourth-order valence-corrected chi connectivity index (χ4v) is 2.00. The summed E-state index contributed by atoms with van der Waals surface area (Å²) in [6.45, 7) is 5.47. The molecule has 21 heavy (non-hydrogen) atoms. The fraction of sp³-hybridized carbons (Fsp3) is 0.353. The van der Waals surface area contributed by atoms with Crippen LogP contribution in [-0.4, -0.2) is 27.9 Å². The van der Waals surface area contributed by atoms with Crippen molar-refractivity contribution in [1.82, 2.24) is 9.55 Å². The van der Waals surface area contributed by atoms with E-state index in [1.54, 1.807) is 6.20 Å². The number of rotatable bonds is 5. The van der Waals surface area contributed by atoms with E-state index in [4.69, 9.17) is 9.84 Å². The lowest BCUT2D eigenvalue weighted by Crippen LogP contribution is -2.09. The lowest BCUT2D eigenvalue weighted by Gasteiger charge is -2.10. The van der Waals surface area contributed by atoms with E-state index >= 15 is 0 Å². The van der Waals surface area contributed by atoms with Crippen LogP contribution < -0.4 is 4.74 Å². The number of nitrogens with zero attached hydrogens (tertiary/aromatic N) is 2.